The van der Waals surface area contributed by atoms with Crippen LogP contribution >= 0.6 is 22.9 Å². The zero-order chi connectivity index (χ0) is 23.8. The fourth-order valence-electron chi connectivity index (χ4n) is 4.06. The van der Waals surface area contributed by atoms with Crippen LogP contribution in [0.1, 0.15) is 30.1 Å². The van der Waals surface area contributed by atoms with Gasteiger partial charge in [0, 0.05) is 48.3 Å². The summed E-state index contributed by atoms with van der Waals surface area (Å²) in [5.41, 5.74) is -0.964. The van der Waals surface area contributed by atoms with Crippen molar-refractivity contribution < 1.29 is 28.6 Å². The number of carbonyl (C=O) groups excluding carboxylic acids is 3. The summed E-state index contributed by atoms with van der Waals surface area (Å²) in [4.78, 5) is 42.7. The van der Waals surface area contributed by atoms with Crippen LogP contribution < -0.4 is 24.8 Å². The van der Waals surface area contributed by atoms with E-state index in [1.54, 1.807) is 18.5 Å². The summed E-state index contributed by atoms with van der Waals surface area (Å²) >= 11 is 7.72. The number of halogens is 1. The highest BCUT2D eigenvalue weighted by molar-refractivity contribution is 7.13. The predicted octanol–water partition coefficient (Wildman–Crippen LogP) is 3.24. The van der Waals surface area contributed by atoms with Crippen LogP contribution in [0.2, 0.25) is 5.02 Å². The molecule has 11 heteroatoms. The highest BCUT2D eigenvalue weighted by Gasteiger charge is 2.60. The van der Waals surface area contributed by atoms with E-state index in [4.69, 9.17) is 25.8 Å². The van der Waals surface area contributed by atoms with E-state index in [-0.39, 0.29) is 40.2 Å². The number of aromatic nitrogens is 1. The van der Waals surface area contributed by atoms with E-state index in [0.717, 1.165) is 0 Å². The van der Waals surface area contributed by atoms with E-state index >= 15 is 0 Å². The molecule has 1 aliphatic heterocycles. The maximum absolute atomic E-state index is 13.5. The van der Waals surface area contributed by atoms with Crippen LogP contribution in [0, 0.1) is 5.92 Å². The van der Waals surface area contributed by atoms with Gasteiger partial charge in [-0.05, 0) is 6.42 Å². The van der Waals surface area contributed by atoms with Crippen molar-refractivity contribution in [3.63, 3.8) is 0 Å². The number of amides is 1. The van der Waals surface area contributed by atoms with Crippen LogP contribution in [0.15, 0.2) is 29.4 Å². The standard InChI is InChI=1S/C22H22ClN3O6S/c1-11-8-12(24-5-4-16(28)26-21-25-6-7-33-21)9-15(27)22(11)20(29)17-13(30-2)10-14(31-3)18(23)19(17)32-22/h6-7,9-11,24H,4-5,8H2,1-3H3,(H,25,26,28). The Labute approximate surface area is 199 Å². The fraction of sp³-hybridized carbons (Fsp3) is 0.364. The van der Waals surface area contributed by atoms with Crippen molar-refractivity contribution in [2.45, 2.75) is 25.4 Å². The monoisotopic (exact) mass is 491 g/mol. The molecule has 4 rings (SSSR count). The van der Waals surface area contributed by atoms with Crippen molar-refractivity contribution in [1.29, 1.82) is 0 Å². The summed E-state index contributed by atoms with van der Waals surface area (Å²) in [7, 11) is 2.85. The van der Waals surface area contributed by atoms with E-state index in [9.17, 15) is 14.4 Å². The molecule has 2 aliphatic rings. The lowest BCUT2D eigenvalue weighted by Crippen LogP contribution is -2.55. The summed E-state index contributed by atoms with van der Waals surface area (Å²) in [5.74, 6) is -1.07. The lowest BCUT2D eigenvalue weighted by molar-refractivity contribution is -0.129. The van der Waals surface area contributed by atoms with Gasteiger partial charge in [0.15, 0.2) is 10.9 Å². The number of Topliss-reactive ketones (excluding diaryl/α,β-unsaturated/α-hetero) is 1. The number of nitrogens with one attached hydrogen (secondary N) is 2. The van der Waals surface area contributed by atoms with Crippen LogP contribution in [0.5, 0.6) is 17.2 Å². The lowest BCUT2D eigenvalue weighted by atomic mass is 9.74. The third-order valence-corrected chi connectivity index (χ3v) is 6.74. The summed E-state index contributed by atoms with van der Waals surface area (Å²) in [6, 6.07) is 1.50. The molecule has 1 spiro atoms. The van der Waals surface area contributed by atoms with Crippen LogP contribution in [-0.4, -0.2) is 48.8 Å². The number of carbonyl (C=O) groups is 3. The minimum Gasteiger partial charge on any atom is -0.496 e. The van der Waals surface area contributed by atoms with Gasteiger partial charge in [0.1, 0.15) is 22.1 Å². The fourth-order valence-corrected chi connectivity index (χ4v) is 4.87. The number of hydrogen-bond acceptors (Lipinski definition) is 9. The Bertz CT molecular complexity index is 1150. The van der Waals surface area contributed by atoms with Crippen molar-refractivity contribution in [2.24, 2.45) is 5.92 Å². The highest BCUT2D eigenvalue weighted by atomic mass is 35.5. The molecule has 2 heterocycles. The molecule has 33 heavy (non-hydrogen) atoms. The summed E-state index contributed by atoms with van der Waals surface area (Å²) in [6.07, 6.45) is 3.53. The third kappa shape index (κ3) is 3.93. The molecule has 2 unspecified atom stereocenters. The first-order chi connectivity index (χ1) is 15.8. The van der Waals surface area contributed by atoms with Gasteiger partial charge in [0.2, 0.25) is 23.1 Å². The van der Waals surface area contributed by atoms with E-state index in [2.05, 4.69) is 15.6 Å². The molecule has 174 valence electrons. The molecular weight excluding hydrogens is 470 g/mol. The second kappa shape index (κ2) is 9.03. The molecule has 1 amide bonds. The van der Waals surface area contributed by atoms with Crippen molar-refractivity contribution in [1.82, 2.24) is 10.3 Å². The number of allylic oxidation sites excluding steroid dienone is 1. The molecule has 2 aromatic rings. The summed E-state index contributed by atoms with van der Waals surface area (Å²) < 4.78 is 16.6. The molecule has 9 nitrogen and oxygen atoms in total. The largest absolute Gasteiger partial charge is 0.496 e. The average Bonchev–Trinajstić information content (AvgIpc) is 3.40. The van der Waals surface area contributed by atoms with E-state index in [1.165, 1.54) is 37.7 Å². The van der Waals surface area contributed by atoms with Crippen molar-refractivity contribution in [2.75, 3.05) is 26.1 Å². The van der Waals surface area contributed by atoms with Gasteiger partial charge in [0.25, 0.3) is 0 Å². The topological polar surface area (TPSA) is 116 Å². The zero-order valence-corrected chi connectivity index (χ0v) is 19.8. The maximum atomic E-state index is 13.5. The van der Waals surface area contributed by atoms with Gasteiger partial charge in [-0.3, -0.25) is 14.4 Å². The van der Waals surface area contributed by atoms with Gasteiger partial charge in [-0.25, -0.2) is 4.98 Å². The number of fused-ring (bicyclic) bond motifs is 1. The Balaban J connectivity index is 1.50. The Morgan fingerprint density at radius 2 is 2.09 bits per heavy atom. The minimum atomic E-state index is -1.72. The van der Waals surface area contributed by atoms with Crippen LogP contribution in [0.4, 0.5) is 5.13 Å². The quantitative estimate of drug-likeness (QED) is 0.567. The van der Waals surface area contributed by atoms with Crippen molar-refractivity contribution in [3.8, 4) is 17.2 Å². The molecule has 0 radical (unpaired) electrons. The zero-order valence-electron chi connectivity index (χ0n) is 18.2. The molecule has 2 atom stereocenters. The number of methoxy groups -OCH3 is 2. The summed E-state index contributed by atoms with van der Waals surface area (Å²) in [6.45, 7) is 2.09. The first kappa shape index (κ1) is 23.1. The molecule has 0 fully saturated rings. The molecule has 0 saturated heterocycles. The SMILES string of the molecule is COc1cc(OC)c2c(c1Cl)OC1(C(=O)C=C(NCCC(=O)Nc3nccs3)CC1C)C2=O. The number of nitrogens with zero attached hydrogens (tertiary/aromatic N) is 1. The first-order valence-corrected chi connectivity index (χ1v) is 11.4. The molecule has 2 N–H and O–H groups in total. The number of ketones is 2. The Morgan fingerprint density at radius 1 is 1.33 bits per heavy atom. The number of benzene rings is 1. The van der Waals surface area contributed by atoms with Gasteiger partial charge in [-0.15, -0.1) is 11.3 Å². The first-order valence-electron chi connectivity index (χ1n) is 10.2. The number of rotatable bonds is 7. The third-order valence-electron chi connectivity index (χ3n) is 5.69. The predicted molar refractivity (Wildman–Crippen MR) is 122 cm³/mol. The van der Waals surface area contributed by atoms with Gasteiger partial charge < -0.3 is 24.8 Å². The van der Waals surface area contributed by atoms with E-state index in [0.29, 0.717) is 23.8 Å². The lowest BCUT2D eigenvalue weighted by Gasteiger charge is -2.35. The summed E-state index contributed by atoms with van der Waals surface area (Å²) in [5, 5.41) is 8.23. The van der Waals surface area contributed by atoms with Crippen molar-refractivity contribution >= 4 is 45.5 Å². The molecule has 1 aliphatic carbocycles. The molecule has 1 aromatic carbocycles. The second-order valence-corrected chi connectivity index (χ2v) is 8.94. The number of thiazole rings is 1. The average molecular weight is 492 g/mol. The van der Waals surface area contributed by atoms with Gasteiger partial charge in [-0.1, -0.05) is 18.5 Å². The molecule has 1 aromatic heterocycles. The number of ether oxygens (including phenoxy) is 3. The van der Waals surface area contributed by atoms with Crippen molar-refractivity contribution in [3.05, 3.63) is 40.0 Å². The normalized spacial score (nSPS) is 21.3. The van der Waals surface area contributed by atoms with Gasteiger partial charge in [-0.2, -0.15) is 0 Å². The van der Waals surface area contributed by atoms with Crippen LogP contribution in [0.3, 0.4) is 0 Å². The molecule has 0 saturated carbocycles. The van der Waals surface area contributed by atoms with Gasteiger partial charge >= 0.3 is 0 Å². The van der Waals surface area contributed by atoms with Gasteiger partial charge in [0.05, 0.1) is 14.2 Å². The minimum absolute atomic E-state index is 0.0849. The van der Waals surface area contributed by atoms with E-state index < -0.39 is 23.1 Å². The second-order valence-electron chi connectivity index (χ2n) is 7.67. The van der Waals surface area contributed by atoms with E-state index in [1.807, 2.05) is 0 Å². The number of anilines is 1. The molecular formula is C22H22ClN3O6S. The Morgan fingerprint density at radius 3 is 2.73 bits per heavy atom. The molecule has 0 bridgehead atoms. The maximum Gasteiger partial charge on any atom is 0.236 e. The Kier molecular flexibility index (Phi) is 6.31. The van der Waals surface area contributed by atoms with Crippen LogP contribution in [0.25, 0.3) is 0 Å². The number of hydrogen-bond donors (Lipinski definition) is 2. The Hall–Kier alpha value is -3.11. The highest BCUT2D eigenvalue weighted by Crippen LogP contribution is 2.52. The van der Waals surface area contributed by atoms with Crippen LogP contribution in [-0.2, 0) is 9.59 Å². The smallest absolute Gasteiger partial charge is 0.236 e.